The molecule has 3 aliphatic rings. The summed E-state index contributed by atoms with van der Waals surface area (Å²) in [5.74, 6) is 2.83. The Hall–Kier alpha value is -2.34. The van der Waals surface area contributed by atoms with Gasteiger partial charge in [0.25, 0.3) is 0 Å². The molecule has 0 N–H and O–H groups in total. The van der Waals surface area contributed by atoms with Crippen molar-refractivity contribution < 1.29 is 0 Å². The summed E-state index contributed by atoms with van der Waals surface area (Å²) in [6, 6.07) is 32.8. The highest BCUT2D eigenvalue weighted by molar-refractivity contribution is 5.52. The van der Waals surface area contributed by atoms with Gasteiger partial charge in [-0.15, -0.1) is 0 Å². The quantitative estimate of drug-likeness (QED) is 0.409. The van der Waals surface area contributed by atoms with E-state index in [4.69, 9.17) is 0 Å². The molecule has 6 rings (SSSR count). The van der Waals surface area contributed by atoms with Crippen LogP contribution in [0.15, 0.2) is 84.9 Å². The largest absolute Gasteiger partial charge is 0.0622 e. The predicted molar refractivity (Wildman–Crippen MR) is 130 cm³/mol. The molecule has 0 aromatic heterocycles. The minimum atomic E-state index is 0.0753. The van der Waals surface area contributed by atoms with Crippen LogP contribution in [0.5, 0.6) is 0 Å². The molecule has 0 unspecified atom stereocenters. The first kappa shape index (κ1) is 19.4. The van der Waals surface area contributed by atoms with Crippen LogP contribution < -0.4 is 0 Å². The lowest BCUT2D eigenvalue weighted by Crippen LogP contribution is -2.44. The highest BCUT2D eigenvalue weighted by atomic mass is 14.6. The van der Waals surface area contributed by atoms with Crippen LogP contribution in [0.3, 0.4) is 0 Å². The molecule has 0 aliphatic heterocycles. The highest BCUT2D eigenvalue weighted by Gasteiger charge is 2.56. The van der Waals surface area contributed by atoms with Gasteiger partial charge in [-0.25, -0.2) is 0 Å². The topological polar surface area (TPSA) is 0 Å². The summed E-state index contributed by atoms with van der Waals surface area (Å²) in [6.45, 7) is 0. The molecule has 0 heterocycles. The second kappa shape index (κ2) is 7.97. The van der Waals surface area contributed by atoms with Gasteiger partial charge >= 0.3 is 0 Å². The summed E-state index contributed by atoms with van der Waals surface area (Å²) in [6.07, 6.45) is 11.1. The van der Waals surface area contributed by atoms with Gasteiger partial charge in [0.05, 0.1) is 0 Å². The van der Waals surface area contributed by atoms with Crippen LogP contribution in [0, 0.1) is 11.8 Å². The molecule has 3 aliphatic carbocycles. The van der Waals surface area contributed by atoms with E-state index < -0.39 is 0 Å². The van der Waals surface area contributed by atoms with E-state index in [0.717, 1.165) is 17.8 Å². The van der Waals surface area contributed by atoms with E-state index in [1.165, 1.54) is 51.4 Å². The van der Waals surface area contributed by atoms with E-state index >= 15 is 0 Å². The molecule has 158 valence electrons. The molecule has 0 radical (unpaired) electrons. The fourth-order valence-electron chi connectivity index (χ4n) is 7.95. The van der Waals surface area contributed by atoms with E-state index in [-0.39, 0.29) is 5.41 Å². The van der Waals surface area contributed by atoms with Gasteiger partial charge in [0.2, 0.25) is 0 Å². The maximum atomic E-state index is 2.49. The third kappa shape index (κ3) is 2.94. The van der Waals surface area contributed by atoms with Crippen LogP contribution in [-0.2, 0) is 5.41 Å². The number of hydrogen-bond acceptors (Lipinski definition) is 0. The summed E-state index contributed by atoms with van der Waals surface area (Å²) in [4.78, 5) is 0. The third-order valence-corrected chi connectivity index (χ3v) is 8.97. The molecule has 2 fully saturated rings. The number of benzene rings is 3. The molecular weight excluding hydrogens is 372 g/mol. The van der Waals surface area contributed by atoms with Gasteiger partial charge in [-0.1, -0.05) is 111 Å². The van der Waals surface area contributed by atoms with E-state index in [1.54, 1.807) is 22.3 Å². The minimum Gasteiger partial charge on any atom is -0.0622 e. The third-order valence-electron chi connectivity index (χ3n) is 8.97. The second-order valence-electron chi connectivity index (χ2n) is 10.2. The molecule has 0 saturated heterocycles. The molecule has 3 atom stereocenters. The van der Waals surface area contributed by atoms with Crippen LogP contribution in [-0.4, -0.2) is 0 Å². The van der Waals surface area contributed by atoms with E-state index in [2.05, 4.69) is 84.9 Å². The van der Waals surface area contributed by atoms with Crippen molar-refractivity contribution in [2.45, 2.75) is 68.6 Å². The van der Waals surface area contributed by atoms with Crippen molar-refractivity contribution in [3.63, 3.8) is 0 Å². The molecule has 0 heteroatoms. The Bertz CT molecular complexity index is 973. The molecule has 3 aromatic rings. The maximum absolute atomic E-state index is 2.49. The number of rotatable bonds is 4. The van der Waals surface area contributed by atoms with Crippen LogP contribution in [0.25, 0.3) is 0 Å². The zero-order valence-electron chi connectivity index (χ0n) is 18.5. The van der Waals surface area contributed by atoms with Gasteiger partial charge < -0.3 is 0 Å². The van der Waals surface area contributed by atoms with Crippen molar-refractivity contribution in [2.75, 3.05) is 0 Å². The molecule has 3 aromatic carbocycles. The first-order valence-corrected chi connectivity index (χ1v) is 12.6. The van der Waals surface area contributed by atoms with Crippen LogP contribution in [0.2, 0.25) is 0 Å². The normalized spacial score (nSPS) is 25.9. The summed E-state index contributed by atoms with van der Waals surface area (Å²) in [5, 5.41) is 0. The Morgan fingerprint density at radius 1 is 0.516 bits per heavy atom. The van der Waals surface area contributed by atoms with Crippen LogP contribution >= 0.6 is 0 Å². The van der Waals surface area contributed by atoms with E-state index in [1.807, 2.05) is 0 Å². The first-order valence-electron chi connectivity index (χ1n) is 12.6. The summed E-state index contributed by atoms with van der Waals surface area (Å²) >= 11 is 0. The summed E-state index contributed by atoms with van der Waals surface area (Å²) < 4.78 is 0. The molecule has 0 amide bonds. The first-order chi connectivity index (χ1) is 15.4. The van der Waals surface area contributed by atoms with Gasteiger partial charge in [-0.05, 0) is 65.7 Å². The van der Waals surface area contributed by atoms with Crippen LogP contribution in [0.1, 0.15) is 85.5 Å². The van der Waals surface area contributed by atoms with Crippen molar-refractivity contribution in [1.29, 1.82) is 0 Å². The lowest BCUT2D eigenvalue weighted by atomic mass is 9.53. The average molecular weight is 407 g/mol. The molecular formula is C31H34. The lowest BCUT2D eigenvalue weighted by Gasteiger charge is -2.49. The predicted octanol–water partition coefficient (Wildman–Crippen LogP) is 8.23. The smallest absolute Gasteiger partial charge is 0.0302 e. The molecule has 2 saturated carbocycles. The van der Waals surface area contributed by atoms with Gasteiger partial charge in [0, 0.05) is 11.3 Å². The standard InChI is InChI=1S/C31H34/c1-3-13-23(14-4-1)31(25-17-7-8-18-25,24-15-5-2-6-16-24)30-28-21-11-9-19-26(28)27-20-10-12-22-29(27)30/h1-6,9,11,13-16,19,21,25,27,29-30H,7-8,10,12,17-18,20,22H2/t27-,29-,30-/m1/s1. The van der Waals surface area contributed by atoms with Crippen LogP contribution in [0.4, 0.5) is 0 Å². The minimum absolute atomic E-state index is 0.0753. The van der Waals surface area contributed by atoms with Crippen molar-refractivity contribution in [2.24, 2.45) is 11.8 Å². The monoisotopic (exact) mass is 406 g/mol. The molecule has 0 bridgehead atoms. The zero-order chi connectivity index (χ0) is 20.7. The van der Waals surface area contributed by atoms with Crippen molar-refractivity contribution >= 4 is 0 Å². The van der Waals surface area contributed by atoms with Crippen molar-refractivity contribution in [1.82, 2.24) is 0 Å². The SMILES string of the molecule is c1ccc(C(c2ccccc2)(C2CCCC2)[C@@H]2c3ccccc3[C@H]3CCCC[C@H]32)cc1. The van der Waals surface area contributed by atoms with Gasteiger partial charge in [0.15, 0.2) is 0 Å². The Morgan fingerprint density at radius 3 is 1.68 bits per heavy atom. The number of hydrogen-bond donors (Lipinski definition) is 0. The van der Waals surface area contributed by atoms with Crippen molar-refractivity contribution in [3.8, 4) is 0 Å². The average Bonchev–Trinajstić information content (AvgIpc) is 3.49. The Morgan fingerprint density at radius 2 is 1.03 bits per heavy atom. The maximum Gasteiger partial charge on any atom is 0.0302 e. The van der Waals surface area contributed by atoms with E-state index in [0.29, 0.717) is 5.92 Å². The molecule has 0 spiro atoms. The molecule has 0 nitrogen and oxygen atoms in total. The Kier molecular flexibility index (Phi) is 4.98. The van der Waals surface area contributed by atoms with E-state index in [9.17, 15) is 0 Å². The van der Waals surface area contributed by atoms with Crippen molar-refractivity contribution in [3.05, 3.63) is 107 Å². The molecule has 31 heavy (non-hydrogen) atoms. The summed E-state index contributed by atoms with van der Waals surface area (Å²) in [5.41, 5.74) is 6.52. The fourth-order valence-corrected chi connectivity index (χ4v) is 7.95. The zero-order valence-corrected chi connectivity index (χ0v) is 18.5. The second-order valence-corrected chi connectivity index (χ2v) is 10.2. The van der Waals surface area contributed by atoms with Gasteiger partial charge in [-0.2, -0.15) is 0 Å². The van der Waals surface area contributed by atoms with Gasteiger partial charge in [0.1, 0.15) is 0 Å². The van der Waals surface area contributed by atoms with Gasteiger partial charge in [-0.3, -0.25) is 0 Å². The highest BCUT2D eigenvalue weighted by Crippen LogP contribution is 2.65. The fraction of sp³-hybridized carbons (Fsp3) is 0.419. The number of fused-ring (bicyclic) bond motifs is 3. The lowest BCUT2D eigenvalue weighted by molar-refractivity contribution is 0.181. The summed E-state index contributed by atoms with van der Waals surface area (Å²) in [7, 11) is 0. The Balaban J connectivity index is 1.66. The Labute approximate surface area is 187 Å².